The third-order valence-electron chi connectivity index (χ3n) is 3.03. The van der Waals surface area contributed by atoms with Crippen molar-refractivity contribution >= 4 is 77.9 Å². The molecule has 0 saturated heterocycles. The van der Waals surface area contributed by atoms with E-state index in [0.717, 1.165) is 16.9 Å². The second-order valence-electron chi connectivity index (χ2n) is 6.78. The van der Waals surface area contributed by atoms with Crippen LogP contribution in [0.15, 0.2) is 47.5 Å². The van der Waals surface area contributed by atoms with Gasteiger partial charge in [0.05, 0.1) is 5.69 Å². The van der Waals surface area contributed by atoms with Crippen LogP contribution in [0.5, 0.6) is 0 Å². The Morgan fingerprint density at radius 2 is 1.50 bits per heavy atom. The molecule has 0 aliphatic carbocycles. The number of nitrogens with zero attached hydrogens (tertiary/aromatic N) is 2. The van der Waals surface area contributed by atoms with Gasteiger partial charge in [-0.1, -0.05) is 61.1 Å². The van der Waals surface area contributed by atoms with E-state index in [1.807, 2.05) is 36.5 Å². The number of benzene rings is 2. The molecule has 26 heavy (non-hydrogen) atoms. The molecule has 2 rings (SSSR count). The quantitative estimate of drug-likeness (QED) is 0.218. The first-order valence-electron chi connectivity index (χ1n) is 7.96. The number of halogens is 4. The van der Waals surface area contributed by atoms with Crippen LogP contribution < -0.4 is 0 Å². The zero-order valence-electron chi connectivity index (χ0n) is 15.5. The van der Waals surface area contributed by atoms with Gasteiger partial charge in [-0.2, -0.15) is 0 Å². The van der Waals surface area contributed by atoms with Crippen LogP contribution in [-0.4, -0.2) is 14.5 Å². The molecule has 0 bridgehead atoms. The Hall–Kier alpha value is 0.787. The van der Waals surface area contributed by atoms with Crippen molar-refractivity contribution in [3.05, 3.63) is 64.1 Å². The molecule has 0 heterocycles. The van der Waals surface area contributed by atoms with Crippen molar-refractivity contribution in [2.45, 2.75) is 33.5 Å². The van der Waals surface area contributed by atoms with E-state index in [1.165, 1.54) is 11.1 Å². The molecule has 2 aromatic carbocycles. The Morgan fingerprint density at radius 1 is 0.962 bits per heavy atom. The topological polar surface area (TPSA) is 26.5 Å². The van der Waals surface area contributed by atoms with Crippen LogP contribution in [0.2, 0.25) is 19.6 Å². The van der Waals surface area contributed by atoms with E-state index >= 15 is 0 Å². The van der Waals surface area contributed by atoms with Gasteiger partial charge in [-0.3, -0.25) is 4.99 Å². The molecule has 0 atom stereocenters. The first kappa shape index (κ1) is 24.8. The van der Waals surface area contributed by atoms with Crippen molar-refractivity contribution in [3.63, 3.8) is 0 Å². The average Bonchev–Trinajstić information content (AvgIpc) is 2.46. The normalized spacial score (nSPS) is 11.9. The van der Waals surface area contributed by atoms with Gasteiger partial charge >= 0.3 is 60.7 Å². The molecule has 0 aliphatic heterocycles. The summed E-state index contributed by atoms with van der Waals surface area (Å²) in [4.78, 5) is 9.57. The number of rotatable bonds is 4. The Labute approximate surface area is 187 Å². The van der Waals surface area contributed by atoms with Crippen LogP contribution in [0.25, 0.3) is 4.98 Å². The summed E-state index contributed by atoms with van der Waals surface area (Å²) in [6, 6.07) is 14.4. The predicted molar refractivity (Wildman–Crippen MR) is 132 cm³/mol. The zero-order valence-corrected chi connectivity index (χ0v) is 26.0. The molecule has 8 heteroatoms. The van der Waals surface area contributed by atoms with Crippen LogP contribution in [0.3, 0.4) is 0 Å². The molecule has 0 unspecified atom stereocenters. The minimum atomic E-state index is -1.97. The van der Waals surface area contributed by atoms with Gasteiger partial charge in [0.15, 0.2) is 0 Å². The summed E-state index contributed by atoms with van der Waals surface area (Å²) >= 11 is 13.4. The first-order valence-corrected chi connectivity index (χ1v) is 39.5. The van der Waals surface area contributed by atoms with E-state index in [4.69, 9.17) is 4.98 Å². The number of aliphatic imine (C=N–C) groups is 1. The summed E-state index contributed by atoms with van der Waals surface area (Å²) in [6.45, 7) is 11.0. The standard InChI is InChI=1S/C18H23N2Si.4BrH.Ta/c1-14-11-15(2)18(20-21(3,4)5)16(12-14)13-19-17-9-7-6-8-10-17;;;;;/h6-13H,1-5H3;4*1H;/q-1;;;;;+4/p-4. The Morgan fingerprint density at radius 3 is 2.00 bits per heavy atom. The van der Waals surface area contributed by atoms with E-state index in [1.54, 1.807) is 0 Å². The number of para-hydroxylation sites is 1. The fourth-order valence-electron chi connectivity index (χ4n) is 2.24. The third kappa shape index (κ3) is 11.6. The molecule has 2 aromatic rings. The number of hydrogen-bond acceptors (Lipinski definition) is 1. The SMILES string of the molecule is Cc1cc(C)c([N-][Si](C)(C)C)c(C=Nc2ccccc2)c1.[Br][Ta]([Br])([Br])[Br]. The zero-order chi connectivity index (χ0) is 20.0. The van der Waals surface area contributed by atoms with E-state index in [9.17, 15) is 0 Å². The fraction of sp³-hybridized carbons (Fsp3) is 0.278. The van der Waals surface area contributed by atoms with Gasteiger partial charge in [0, 0.05) is 6.21 Å². The average molecular weight is 796 g/mol. The molecule has 0 fully saturated rings. The summed E-state index contributed by atoms with van der Waals surface area (Å²) in [5.41, 5.74) is 5.65. The van der Waals surface area contributed by atoms with Crippen molar-refractivity contribution in [2.75, 3.05) is 0 Å². The Kier molecular flexibility index (Phi) is 10.6. The molecule has 0 N–H and O–H groups in total. The van der Waals surface area contributed by atoms with Crippen LogP contribution >= 0.6 is 52.1 Å². The van der Waals surface area contributed by atoms with Crippen LogP contribution in [0, 0.1) is 13.8 Å². The van der Waals surface area contributed by atoms with E-state index in [2.05, 4.69) is 103 Å². The number of hydrogen-bond donors (Lipinski definition) is 0. The molecule has 0 saturated carbocycles. The van der Waals surface area contributed by atoms with Gasteiger partial charge in [0.1, 0.15) is 0 Å². The minimum absolute atomic E-state index is 0.968. The van der Waals surface area contributed by atoms with E-state index in [0.29, 0.717) is 0 Å². The second-order valence-corrected chi connectivity index (χ2v) is 95.7. The van der Waals surface area contributed by atoms with Crippen LogP contribution in [0.1, 0.15) is 16.7 Å². The number of aryl methyl sites for hydroxylation is 2. The van der Waals surface area contributed by atoms with Gasteiger partial charge in [0.2, 0.25) is 0 Å². The summed E-state index contributed by atoms with van der Waals surface area (Å²) in [7, 11) is -3.50. The van der Waals surface area contributed by atoms with Gasteiger partial charge < -0.3 is 4.98 Å². The van der Waals surface area contributed by atoms with Crippen molar-refractivity contribution < 1.29 is 8.59 Å². The molecule has 2 nitrogen and oxygen atoms in total. The predicted octanol–water partition coefficient (Wildman–Crippen LogP) is 9.27. The fourth-order valence-corrected chi connectivity index (χ4v) is 3.21. The molecule has 0 aliphatic rings. The van der Waals surface area contributed by atoms with Gasteiger partial charge in [-0.25, -0.2) is 0 Å². The molecule has 0 spiro atoms. The summed E-state index contributed by atoms with van der Waals surface area (Å²) in [5.74, 6) is 0. The summed E-state index contributed by atoms with van der Waals surface area (Å²) in [6.07, 6.45) is 1.94. The summed E-state index contributed by atoms with van der Waals surface area (Å²) < 4.78 is 0. The monoisotopic (exact) mass is 792 g/mol. The molecule has 0 aromatic heterocycles. The van der Waals surface area contributed by atoms with Gasteiger partial charge in [-0.05, 0) is 39.8 Å². The van der Waals surface area contributed by atoms with E-state index < -0.39 is 16.8 Å². The van der Waals surface area contributed by atoms with Gasteiger partial charge in [-0.15, -0.1) is 5.69 Å². The second kappa shape index (κ2) is 11.1. The van der Waals surface area contributed by atoms with Crippen LogP contribution in [-0.2, 0) is 8.59 Å². The van der Waals surface area contributed by atoms with Crippen LogP contribution in [0.4, 0.5) is 11.4 Å². The van der Waals surface area contributed by atoms with Crippen molar-refractivity contribution in [1.29, 1.82) is 0 Å². The molecular formula is C18H23Br4N2SiTa-. The first-order chi connectivity index (χ1) is 11.8. The molecule has 0 amide bonds. The maximum absolute atomic E-state index is 4.99. The van der Waals surface area contributed by atoms with Crippen molar-refractivity contribution in [1.82, 2.24) is 0 Å². The van der Waals surface area contributed by atoms with E-state index in [-0.39, 0.29) is 0 Å². The van der Waals surface area contributed by atoms with Crippen molar-refractivity contribution in [2.24, 2.45) is 4.99 Å². The Balaban J connectivity index is 0.000000597. The third-order valence-corrected chi connectivity index (χ3v) is 3.92. The molecule has 143 valence electrons. The molecular weight excluding hydrogens is 773 g/mol. The molecule has 0 radical (unpaired) electrons. The van der Waals surface area contributed by atoms with Gasteiger partial charge in [0.25, 0.3) is 0 Å². The Bertz CT molecular complexity index is 735. The van der Waals surface area contributed by atoms with Crippen molar-refractivity contribution in [3.8, 4) is 0 Å². The summed E-state index contributed by atoms with van der Waals surface area (Å²) in [5, 5.41) is 0. The maximum atomic E-state index is 4.99.